The van der Waals surface area contributed by atoms with E-state index in [1.54, 1.807) is 0 Å². The number of hydrogen-bond donors (Lipinski definition) is 3. The number of nitrogens with zero attached hydrogens (tertiary/aromatic N) is 2. The van der Waals surface area contributed by atoms with E-state index in [4.69, 9.17) is 0 Å². The number of anilines is 1. The maximum atomic E-state index is 12.0. The summed E-state index contributed by atoms with van der Waals surface area (Å²) in [6.07, 6.45) is 3.54. The first-order chi connectivity index (χ1) is 11.1. The molecule has 0 saturated carbocycles. The van der Waals surface area contributed by atoms with Crippen molar-refractivity contribution >= 4 is 17.0 Å². The van der Waals surface area contributed by atoms with Crippen LogP contribution in [0.5, 0.6) is 0 Å². The molecule has 1 aliphatic rings. The molecule has 0 fully saturated rings. The van der Waals surface area contributed by atoms with Crippen molar-refractivity contribution in [1.29, 1.82) is 0 Å². The van der Waals surface area contributed by atoms with Crippen molar-refractivity contribution in [1.82, 2.24) is 20.2 Å². The molecule has 118 valence electrons. The lowest BCUT2D eigenvalue weighted by atomic mass is 9.97. The highest BCUT2D eigenvalue weighted by atomic mass is 16.1. The lowest BCUT2D eigenvalue weighted by molar-refractivity contribution is 0.749. The first-order valence-corrected chi connectivity index (χ1v) is 7.94. The molecule has 1 unspecified atom stereocenters. The number of aromatic amines is 2. The minimum absolute atomic E-state index is 0.173. The third-order valence-electron chi connectivity index (χ3n) is 4.54. The Hall–Kier alpha value is -2.63. The fourth-order valence-electron chi connectivity index (χ4n) is 3.21. The van der Waals surface area contributed by atoms with Crippen LogP contribution in [0.15, 0.2) is 29.2 Å². The van der Waals surface area contributed by atoms with E-state index in [1.807, 2.05) is 0 Å². The maximum absolute atomic E-state index is 12.0. The second-order valence-electron chi connectivity index (χ2n) is 6.40. The zero-order valence-corrected chi connectivity index (χ0v) is 13.2. The van der Waals surface area contributed by atoms with Gasteiger partial charge in [0.1, 0.15) is 5.39 Å². The summed E-state index contributed by atoms with van der Waals surface area (Å²) in [5.74, 6) is 0.986. The van der Waals surface area contributed by atoms with Crippen LogP contribution in [0.3, 0.4) is 0 Å². The van der Waals surface area contributed by atoms with Crippen LogP contribution in [0.25, 0.3) is 11.0 Å². The third kappa shape index (κ3) is 2.40. The summed E-state index contributed by atoms with van der Waals surface area (Å²) >= 11 is 0. The Morgan fingerprint density at radius 1 is 1.35 bits per heavy atom. The standard InChI is InChI=1S/C17H19N5O/c1-9(2)11-4-3-10-5-6-14(12(10)7-11)19-17-20-15-13(8-18-22-15)16(23)21-17/h3-4,7-9,14H,5-6H2,1-2H3,(H3,18,19,20,21,22,23). The number of aryl methyl sites for hydroxylation is 1. The van der Waals surface area contributed by atoms with E-state index in [1.165, 1.54) is 22.9 Å². The number of H-pyrrole nitrogens is 2. The highest BCUT2D eigenvalue weighted by molar-refractivity contribution is 5.73. The molecular formula is C17H19N5O. The molecule has 2 heterocycles. The molecular weight excluding hydrogens is 290 g/mol. The Kier molecular flexibility index (Phi) is 3.18. The highest BCUT2D eigenvalue weighted by Crippen LogP contribution is 2.35. The smallest absolute Gasteiger partial charge is 0.263 e. The van der Waals surface area contributed by atoms with Crippen LogP contribution >= 0.6 is 0 Å². The normalized spacial score (nSPS) is 16.9. The van der Waals surface area contributed by atoms with Crippen LogP contribution in [0, 0.1) is 0 Å². The van der Waals surface area contributed by atoms with Crippen LogP contribution in [-0.4, -0.2) is 20.2 Å². The van der Waals surface area contributed by atoms with Gasteiger partial charge in [0.2, 0.25) is 5.95 Å². The molecule has 3 aromatic rings. The van der Waals surface area contributed by atoms with Crippen molar-refractivity contribution in [3.63, 3.8) is 0 Å². The van der Waals surface area contributed by atoms with Gasteiger partial charge in [-0.1, -0.05) is 32.0 Å². The zero-order valence-electron chi connectivity index (χ0n) is 13.2. The molecule has 0 radical (unpaired) electrons. The van der Waals surface area contributed by atoms with Gasteiger partial charge in [0.25, 0.3) is 5.56 Å². The molecule has 1 aromatic carbocycles. The SMILES string of the molecule is CC(C)c1ccc2c(c1)C(Nc1nc3[nH]ncc3c(=O)[nH]1)CC2. The molecule has 6 nitrogen and oxygen atoms in total. The largest absolute Gasteiger partial charge is 0.349 e. The van der Waals surface area contributed by atoms with Crippen molar-refractivity contribution in [3.8, 4) is 0 Å². The summed E-state index contributed by atoms with van der Waals surface area (Å²) in [5.41, 5.74) is 4.34. The first-order valence-electron chi connectivity index (χ1n) is 7.94. The fraction of sp³-hybridized carbons (Fsp3) is 0.353. The van der Waals surface area contributed by atoms with E-state index in [-0.39, 0.29) is 11.6 Å². The van der Waals surface area contributed by atoms with Gasteiger partial charge in [-0.15, -0.1) is 0 Å². The average Bonchev–Trinajstić information content (AvgIpc) is 3.14. The minimum Gasteiger partial charge on any atom is -0.349 e. The number of rotatable bonds is 3. The number of nitrogens with one attached hydrogen (secondary N) is 3. The summed E-state index contributed by atoms with van der Waals surface area (Å²) in [6, 6.07) is 6.88. The molecule has 0 saturated heterocycles. The summed E-state index contributed by atoms with van der Waals surface area (Å²) in [5, 5.41) is 10.5. The number of fused-ring (bicyclic) bond motifs is 2. The number of aromatic nitrogens is 4. The second kappa shape index (κ2) is 5.22. The highest BCUT2D eigenvalue weighted by Gasteiger charge is 2.24. The van der Waals surface area contributed by atoms with Crippen molar-refractivity contribution < 1.29 is 0 Å². The Morgan fingerprint density at radius 3 is 3.04 bits per heavy atom. The van der Waals surface area contributed by atoms with Gasteiger partial charge in [-0.25, -0.2) is 0 Å². The summed E-state index contributed by atoms with van der Waals surface area (Å²) in [4.78, 5) is 19.2. The Morgan fingerprint density at radius 2 is 2.22 bits per heavy atom. The molecule has 0 bridgehead atoms. The monoisotopic (exact) mass is 309 g/mol. The van der Waals surface area contributed by atoms with E-state index in [0.717, 1.165) is 12.8 Å². The predicted molar refractivity (Wildman–Crippen MR) is 89.7 cm³/mol. The quantitative estimate of drug-likeness (QED) is 0.694. The average molecular weight is 309 g/mol. The van der Waals surface area contributed by atoms with Gasteiger partial charge >= 0.3 is 0 Å². The molecule has 23 heavy (non-hydrogen) atoms. The molecule has 4 rings (SSSR count). The van der Waals surface area contributed by atoms with Crippen LogP contribution in [-0.2, 0) is 6.42 Å². The van der Waals surface area contributed by atoms with Gasteiger partial charge in [0.05, 0.1) is 12.2 Å². The zero-order chi connectivity index (χ0) is 16.0. The summed E-state index contributed by atoms with van der Waals surface area (Å²) in [6.45, 7) is 4.40. The van der Waals surface area contributed by atoms with Gasteiger partial charge in [0, 0.05) is 0 Å². The topological polar surface area (TPSA) is 86.5 Å². The van der Waals surface area contributed by atoms with Crippen LogP contribution in [0.1, 0.15) is 48.9 Å². The van der Waals surface area contributed by atoms with Crippen LogP contribution in [0.2, 0.25) is 0 Å². The minimum atomic E-state index is -0.180. The van der Waals surface area contributed by atoms with E-state index in [9.17, 15) is 4.79 Å². The summed E-state index contributed by atoms with van der Waals surface area (Å²) < 4.78 is 0. The maximum Gasteiger partial charge on any atom is 0.263 e. The molecule has 2 aromatic heterocycles. The lowest BCUT2D eigenvalue weighted by Crippen LogP contribution is -2.15. The molecule has 0 aliphatic heterocycles. The number of benzene rings is 1. The summed E-state index contributed by atoms with van der Waals surface area (Å²) in [7, 11) is 0. The Bertz CT molecular complexity index is 924. The predicted octanol–water partition coefficient (Wildman–Crippen LogP) is 2.87. The Labute approximate surface area is 133 Å². The van der Waals surface area contributed by atoms with E-state index >= 15 is 0 Å². The third-order valence-corrected chi connectivity index (χ3v) is 4.54. The van der Waals surface area contributed by atoms with E-state index in [2.05, 4.69) is 57.5 Å². The molecule has 1 atom stereocenters. The lowest BCUT2D eigenvalue weighted by Gasteiger charge is -2.16. The van der Waals surface area contributed by atoms with E-state index in [0.29, 0.717) is 22.9 Å². The molecule has 0 amide bonds. The second-order valence-corrected chi connectivity index (χ2v) is 6.40. The van der Waals surface area contributed by atoms with Gasteiger partial charge in [0.15, 0.2) is 5.65 Å². The first kappa shape index (κ1) is 14.0. The van der Waals surface area contributed by atoms with Gasteiger partial charge < -0.3 is 5.32 Å². The van der Waals surface area contributed by atoms with Crippen molar-refractivity contribution in [2.45, 2.75) is 38.6 Å². The van der Waals surface area contributed by atoms with Crippen LogP contribution < -0.4 is 10.9 Å². The van der Waals surface area contributed by atoms with Crippen molar-refractivity contribution in [2.24, 2.45) is 0 Å². The van der Waals surface area contributed by atoms with Gasteiger partial charge in [-0.05, 0) is 35.4 Å². The Balaban J connectivity index is 1.68. The van der Waals surface area contributed by atoms with Crippen molar-refractivity contribution in [3.05, 3.63) is 51.4 Å². The van der Waals surface area contributed by atoms with Gasteiger partial charge in [-0.2, -0.15) is 10.1 Å². The van der Waals surface area contributed by atoms with Gasteiger partial charge in [-0.3, -0.25) is 14.9 Å². The molecule has 0 spiro atoms. The van der Waals surface area contributed by atoms with Crippen molar-refractivity contribution in [2.75, 3.05) is 5.32 Å². The van der Waals surface area contributed by atoms with Crippen LogP contribution in [0.4, 0.5) is 5.95 Å². The van der Waals surface area contributed by atoms with E-state index < -0.39 is 0 Å². The number of hydrogen-bond acceptors (Lipinski definition) is 4. The molecule has 1 aliphatic carbocycles. The molecule has 6 heteroatoms. The molecule has 3 N–H and O–H groups in total. The fourth-order valence-corrected chi connectivity index (χ4v) is 3.21.